The molecule has 1 aliphatic rings. The summed E-state index contributed by atoms with van der Waals surface area (Å²) < 4.78 is 0. The van der Waals surface area contributed by atoms with Crippen molar-refractivity contribution < 1.29 is 4.79 Å². The highest BCUT2D eigenvalue weighted by Crippen LogP contribution is 2.17. The van der Waals surface area contributed by atoms with Gasteiger partial charge in [-0.25, -0.2) is 0 Å². The van der Waals surface area contributed by atoms with E-state index in [9.17, 15) is 4.79 Å². The van der Waals surface area contributed by atoms with Gasteiger partial charge in [0.2, 0.25) is 5.91 Å². The zero-order valence-corrected chi connectivity index (χ0v) is 12.3. The molecule has 0 bridgehead atoms. The molecule has 0 spiro atoms. The molecule has 1 aromatic rings. The van der Waals surface area contributed by atoms with E-state index in [1.54, 1.807) is 6.20 Å². The Bertz CT molecular complexity index is 401. The van der Waals surface area contributed by atoms with Crippen LogP contribution >= 0.6 is 0 Å². The topological polar surface area (TPSA) is 54.0 Å². The van der Waals surface area contributed by atoms with Crippen LogP contribution < -0.4 is 10.6 Å². The first-order valence-corrected chi connectivity index (χ1v) is 7.68. The van der Waals surface area contributed by atoms with Crippen LogP contribution in [0.1, 0.15) is 44.6 Å². The van der Waals surface area contributed by atoms with Gasteiger partial charge in [0.05, 0.1) is 6.04 Å². The summed E-state index contributed by atoms with van der Waals surface area (Å²) in [6.07, 6.45) is 10.5. The van der Waals surface area contributed by atoms with Gasteiger partial charge in [0, 0.05) is 18.4 Å². The van der Waals surface area contributed by atoms with Gasteiger partial charge in [-0.1, -0.05) is 18.9 Å². The Morgan fingerprint density at radius 2 is 2.25 bits per heavy atom. The molecule has 0 radical (unpaired) electrons. The summed E-state index contributed by atoms with van der Waals surface area (Å²) in [5.41, 5.74) is 1.25. The first-order valence-electron chi connectivity index (χ1n) is 7.68. The van der Waals surface area contributed by atoms with Crippen LogP contribution in [0.5, 0.6) is 0 Å². The van der Waals surface area contributed by atoms with E-state index in [-0.39, 0.29) is 11.9 Å². The second-order valence-corrected chi connectivity index (χ2v) is 5.63. The Kier molecular flexibility index (Phi) is 5.99. The molecule has 0 unspecified atom stereocenters. The van der Waals surface area contributed by atoms with Gasteiger partial charge in [0.15, 0.2) is 0 Å². The zero-order valence-electron chi connectivity index (χ0n) is 12.3. The quantitative estimate of drug-likeness (QED) is 0.749. The minimum absolute atomic E-state index is 0.107. The van der Waals surface area contributed by atoms with Gasteiger partial charge in [-0.15, -0.1) is 0 Å². The maximum atomic E-state index is 12.0. The first-order chi connectivity index (χ1) is 9.75. The van der Waals surface area contributed by atoms with Gasteiger partial charge >= 0.3 is 0 Å². The van der Waals surface area contributed by atoms with Crippen molar-refractivity contribution in [3.8, 4) is 0 Å². The molecule has 4 nitrogen and oxygen atoms in total. The van der Waals surface area contributed by atoms with Gasteiger partial charge in [-0.05, 0) is 50.8 Å². The molecule has 20 heavy (non-hydrogen) atoms. The number of aromatic nitrogens is 1. The summed E-state index contributed by atoms with van der Waals surface area (Å²) >= 11 is 0. The fourth-order valence-electron chi connectivity index (χ4n) is 2.65. The van der Waals surface area contributed by atoms with Crippen LogP contribution in [0.15, 0.2) is 24.5 Å². The van der Waals surface area contributed by atoms with Crippen LogP contribution in [0.4, 0.5) is 0 Å². The lowest BCUT2D eigenvalue weighted by atomic mass is 10.1. The number of carbonyl (C=O) groups is 1. The highest BCUT2D eigenvalue weighted by Gasteiger charge is 2.19. The second kappa shape index (κ2) is 8.00. The van der Waals surface area contributed by atoms with Gasteiger partial charge in [-0.2, -0.15) is 0 Å². The molecular formula is C16H25N3O. The van der Waals surface area contributed by atoms with E-state index in [0.29, 0.717) is 6.04 Å². The third-order valence-corrected chi connectivity index (χ3v) is 3.91. The summed E-state index contributed by atoms with van der Waals surface area (Å²) in [5.74, 6) is 0.137. The molecule has 1 atom stereocenters. The number of hydrogen-bond donors (Lipinski definition) is 2. The van der Waals surface area contributed by atoms with Crippen molar-refractivity contribution in [1.82, 2.24) is 15.6 Å². The molecule has 2 N–H and O–H groups in total. The number of carbonyl (C=O) groups excluding carboxylic acids is 1. The standard InChI is InChI=1S/C16H25N3O/c1-13(16(20)19-15-8-2-3-9-15)18-11-5-7-14-6-4-10-17-12-14/h4,6,10,12-13,15,18H,2-3,5,7-9,11H2,1H3,(H,19,20)/t13-/m0/s1. The van der Waals surface area contributed by atoms with Crippen molar-refractivity contribution >= 4 is 5.91 Å². The van der Waals surface area contributed by atoms with E-state index in [2.05, 4.69) is 21.7 Å². The lowest BCUT2D eigenvalue weighted by molar-refractivity contribution is -0.123. The highest BCUT2D eigenvalue weighted by atomic mass is 16.2. The average molecular weight is 275 g/mol. The Balaban J connectivity index is 1.59. The number of nitrogens with one attached hydrogen (secondary N) is 2. The normalized spacial score (nSPS) is 17.1. The number of amides is 1. The molecular weight excluding hydrogens is 250 g/mol. The third-order valence-electron chi connectivity index (χ3n) is 3.91. The second-order valence-electron chi connectivity index (χ2n) is 5.63. The fourth-order valence-corrected chi connectivity index (χ4v) is 2.65. The molecule has 4 heteroatoms. The number of nitrogens with zero attached hydrogens (tertiary/aromatic N) is 1. The van der Waals surface area contributed by atoms with Crippen molar-refractivity contribution in [2.24, 2.45) is 0 Å². The summed E-state index contributed by atoms with van der Waals surface area (Å²) in [7, 11) is 0. The minimum atomic E-state index is -0.107. The number of aryl methyl sites for hydroxylation is 1. The summed E-state index contributed by atoms with van der Waals surface area (Å²) in [6, 6.07) is 4.34. The Hall–Kier alpha value is -1.42. The van der Waals surface area contributed by atoms with Crippen LogP contribution in [0.25, 0.3) is 0 Å². The fraction of sp³-hybridized carbons (Fsp3) is 0.625. The number of rotatable bonds is 7. The van der Waals surface area contributed by atoms with Gasteiger partial charge in [0.1, 0.15) is 0 Å². The third kappa shape index (κ3) is 4.93. The Labute approximate surface area is 121 Å². The predicted molar refractivity (Wildman–Crippen MR) is 80.4 cm³/mol. The SMILES string of the molecule is C[C@H](NCCCc1cccnc1)C(=O)NC1CCCC1. The Morgan fingerprint density at radius 1 is 1.45 bits per heavy atom. The molecule has 1 aliphatic carbocycles. The monoisotopic (exact) mass is 275 g/mol. The smallest absolute Gasteiger partial charge is 0.237 e. The minimum Gasteiger partial charge on any atom is -0.352 e. The lowest BCUT2D eigenvalue weighted by Crippen LogP contribution is -2.45. The molecule has 1 fully saturated rings. The van der Waals surface area contributed by atoms with Crippen LogP contribution in [0.2, 0.25) is 0 Å². The van der Waals surface area contributed by atoms with Crippen molar-refractivity contribution in [3.05, 3.63) is 30.1 Å². The number of hydrogen-bond acceptors (Lipinski definition) is 3. The maximum Gasteiger partial charge on any atom is 0.237 e. The average Bonchev–Trinajstić information content (AvgIpc) is 2.97. The summed E-state index contributed by atoms with van der Waals surface area (Å²) in [6.45, 7) is 2.79. The first kappa shape index (κ1) is 15.0. The molecule has 0 saturated heterocycles. The summed E-state index contributed by atoms with van der Waals surface area (Å²) in [4.78, 5) is 16.1. The Morgan fingerprint density at radius 3 is 2.95 bits per heavy atom. The van der Waals surface area contributed by atoms with E-state index in [1.165, 1.54) is 18.4 Å². The van der Waals surface area contributed by atoms with E-state index in [1.807, 2.05) is 19.2 Å². The van der Waals surface area contributed by atoms with Crippen molar-refractivity contribution in [3.63, 3.8) is 0 Å². The molecule has 1 heterocycles. The zero-order chi connectivity index (χ0) is 14.2. The van der Waals surface area contributed by atoms with Crippen molar-refractivity contribution in [1.29, 1.82) is 0 Å². The van der Waals surface area contributed by atoms with Crippen LogP contribution in [0.3, 0.4) is 0 Å². The van der Waals surface area contributed by atoms with E-state index >= 15 is 0 Å². The van der Waals surface area contributed by atoms with Gasteiger partial charge < -0.3 is 10.6 Å². The van der Waals surface area contributed by atoms with Crippen molar-refractivity contribution in [2.45, 2.75) is 57.5 Å². The molecule has 2 rings (SSSR count). The molecule has 1 saturated carbocycles. The maximum absolute atomic E-state index is 12.0. The number of pyridine rings is 1. The predicted octanol–water partition coefficient (Wildman–Crippen LogP) is 2.05. The molecule has 1 aromatic heterocycles. The summed E-state index contributed by atoms with van der Waals surface area (Å²) in [5, 5.41) is 6.42. The van der Waals surface area contributed by atoms with Crippen molar-refractivity contribution in [2.75, 3.05) is 6.54 Å². The van der Waals surface area contributed by atoms with E-state index in [0.717, 1.165) is 32.2 Å². The van der Waals surface area contributed by atoms with Crippen LogP contribution in [-0.4, -0.2) is 29.5 Å². The van der Waals surface area contributed by atoms with Gasteiger partial charge in [0.25, 0.3) is 0 Å². The molecule has 110 valence electrons. The molecule has 0 aliphatic heterocycles. The van der Waals surface area contributed by atoms with E-state index < -0.39 is 0 Å². The highest BCUT2D eigenvalue weighted by molar-refractivity contribution is 5.81. The molecule has 1 amide bonds. The van der Waals surface area contributed by atoms with Gasteiger partial charge in [-0.3, -0.25) is 9.78 Å². The molecule has 0 aromatic carbocycles. The van der Waals surface area contributed by atoms with E-state index in [4.69, 9.17) is 0 Å². The van der Waals surface area contributed by atoms with Crippen LogP contribution in [0, 0.1) is 0 Å². The van der Waals surface area contributed by atoms with Crippen LogP contribution in [-0.2, 0) is 11.2 Å². The largest absolute Gasteiger partial charge is 0.352 e. The lowest BCUT2D eigenvalue weighted by Gasteiger charge is -2.17.